The van der Waals surface area contributed by atoms with Gasteiger partial charge in [0.25, 0.3) is 0 Å². The van der Waals surface area contributed by atoms with E-state index < -0.39 is 65.1 Å². The number of nitrogens with zero attached hydrogens (tertiary/aromatic N) is 5. The third kappa shape index (κ3) is 9.58. The lowest BCUT2D eigenvalue weighted by Gasteiger charge is -2.50. The van der Waals surface area contributed by atoms with Crippen molar-refractivity contribution in [3.05, 3.63) is 46.7 Å². The van der Waals surface area contributed by atoms with Crippen LogP contribution in [-0.4, -0.2) is 108 Å². The second-order valence-electron chi connectivity index (χ2n) is 13.2. The zero-order chi connectivity index (χ0) is 36.1. The van der Waals surface area contributed by atoms with Gasteiger partial charge >= 0.3 is 18.0 Å². The highest BCUT2D eigenvalue weighted by Crippen LogP contribution is 2.42. The minimum absolute atomic E-state index is 0.0511. The summed E-state index contributed by atoms with van der Waals surface area (Å²) < 4.78 is 17.1. The predicted molar refractivity (Wildman–Crippen MR) is 178 cm³/mol. The Bertz CT molecular complexity index is 1620. The number of rotatable bonds is 13. The molecule has 2 aromatic rings. The minimum atomic E-state index is -1.18. The average Bonchev–Trinajstić information content (AvgIpc) is 3.44. The van der Waals surface area contributed by atoms with Gasteiger partial charge in [0.1, 0.15) is 22.7 Å². The summed E-state index contributed by atoms with van der Waals surface area (Å²) in [5.41, 5.74) is -0.341. The average molecular weight is 720 g/mol. The first-order chi connectivity index (χ1) is 23.0. The molecule has 1 fully saturated rings. The summed E-state index contributed by atoms with van der Waals surface area (Å²) in [4.78, 5) is 65.4. The first kappa shape index (κ1) is 37.8. The van der Waals surface area contributed by atoms with Gasteiger partial charge in [-0.15, -0.1) is 16.9 Å². The van der Waals surface area contributed by atoms with Crippen LogP contribution in [0.2, 0.25) is 0 Å². The number of tetrazole rings is 1. The molecule has 0 spiro atoms. The van der Waals surface area contributed by atoms with Gasteiger partial charge in [-0.25, -0.2) is 14.3 Å². The van der Waals surface area contributed by atoms with Crippen LogP contribution in [0.3, 0.4) is 0 Å². The zero-order valence-electron chi connectivity index (χ0n) is 28.3. The minimum Gasteiger partial charge on any atom is -0.444 e. The predicted octanol–water partition coefficient (Wildman–Crippen LogP) is 1.96. The molecule has 2 unspecified atom stereocenters. The highest BCUT2D eigenvalue weighted by atomic mass is 32.2. The van der Waals surface area contributed by atoms with Crippen LogP contribution in [-0.2, 0) is 35.6 Å². The third-order valence-electron chi connectivity index (χ3n) is 7.13. The number of carbonyl (C=O) groups excluding carboxylic acids is 5. The van der Waals surface area contributed by atoms with Crippen LogP contribution in [0.4, 0.5) is 4.79 Å². The topological polar surface area (TPSA) is 204 Å². The summed E-state index contributed by atoms with van der Waals surface area (Å²) in [7, 11) is 1.68. The number of aromatic nitrogens is 4. The maximum atomic E-state index is 13.5. The lowest BCUT2D eigenvalue weighted by atomic mass is 9.98. The molecule has 2 aliphatic rings. The van der Waals surface area contributed by atoms with E-state index in [4.69, 9.17) is 14.2 Å². The molecule has 18 heteroatoms. The molecule has 0 radical (unpaired) electrons. The summed E-state index contributed by atoms with van der Waals surface area (Å²) in [5, 5.41) is 28.0. The van der Waals surface area contributed by atoms with Crippen LogP contribution < -0.4 is 10.6 Å². The molecule has 0 aliphatic carbocycles. The van der Waals surface area contributed by atoms with Crippen molar-refractivity contribution in [2.24, 2.45) is 12.5 Å². The number of nitrogens with one attached hydrogen (secondary N) is 2. The molecule has 1 aromatic carbocycles. The number of carbonyl (C=O) groups is 5. The van der Waals surface area contributed by atoms with Crippen LogP contribution in [0.25, 0.3) is 0 Å². The third-order valence-corrected chi connectivity index (χ3v) is 9.57. The van der Waals surface area contributed by atoms with E-state index in [1.807, 2.05) is 0 Å². The molecule has 3 atom stereocenters. The second-order valence-corrected chi connectivity index (χ2v) is 15.3. The number of esters is 2. The molecule has 2 amide bonds. The van der Waals surface area contributed by atoms with Gasteiger partial charge in [-0.1, -0.05) is 36.0 Å². The van der Waals surface area contributed by atoms with E-state index in [1.165, 1.54) is 33.1 Å². The number of hydrogen-bond donors (Lipinski definition) is 3. The molecule has 3 heterocycles. The molecule has 0 saturated carbocycles. The van der Waals surface area contributed by atoms with Crippen molar-refractivity contribution >= 4 is 53.2 Å². The normalized spacial score (nSPS) is 18.3. The molecule has 4 rings (SSSR count). The van der Waals surface area contributed by atoms with Crippen molar-refractivity contribution in [2.45, 2.75) is 69.8 Å². The number of ether oxygens (including phenoxy) is 3. The summed E-state index contributed by atoms with van der Waals surface area (Å²) in [5.74, 6) is -1.56. The van der Waals surface area contributed by atoms with Crippen molar-refractivity contribution in [1.29, 1.82) is 0 Å². The first-order valence-electron chi connectivity index (χ1n) is 15.3. The number of aryl methyl sites for hydroxylation is 1. The Balaban J connectivity index is 1.42. The molecule has 2 aliphatic heterocycles. The molecule has 0 bridgehead atoms. The number of aliphatic hydroxyl groups is 1. The smallest absolute Gasteiger partial charge is 0.408 e. The van der Waals surface area contributed by atoms with E-state index in [0.29, 0.717) is 22.0 Å². The van der Waals surface area contributed by atoms with Gasteiger partial charge in [0.05, 0.1) is 18.1 Å². The Morgan fingerprint density at radius 1 is 1.12 bits per heavy atom. The lowest BCUT2D eigenvalue weighted by molar-refractivity contribution is -0.173. The van der Waals surface area contributed by atoms with Gasteiger partial charge in [0.2, 0.25) is 17.9 Å². The Morgan fingerprint density at radius 2 is 1.84 bits per heavy atom. The molecule has 49 heavy (non-hydrogen) atoms. The SMILES string of the molecule is Cn1nnnc1SCC1=C(C(=O)OCOC(=O)C(C)(C)C)N2C(=O)C(NCC(O)c3ccccc3C(=O)CNC(=O)OC(C)(C)C)[C@@H]2SC1. The van der Waals surface area contributed by atoms with Crippen molar-refractivity contribution in [3.8, 4) is 0 Å². The number of aliphatic hydroxyl groups excluding tert-OH is 1. The fourth-order valence-corrected chi connectivity index (χ4v) is 7.07. The summed E-state index contributed by atoms with van der Waals surface area (Å²) in [6, 6.07) is 5.70. The van der Waals surface area contributed by atoms with Gasteiger partial charge < -0.3 is 30.0 Å². The molecular formula is C31H41N7O9S2. The van der Waals surface area contributed by atoms with Gasteiger partial charge in [-0.3, -0.25) is 19.3 Å². The number of alkyl carbamates (subject to hydrolysis) is 1. The van der Waals surface area contributed by atoms with Crippen LogP contribution in [0.1, 0.15) is 63.6 Å². The van der Waals surface area contributed by atoms with Crippen LogP contribution in [0.5, 0.6) is 0 Å². The van der Waals surface area contributed by atoms with Crippen LogP contribution in [0, 0.1) is 5.41 Å². The molecular weight excluding hydrogens is 679 g/mol. The standard InChI is InChI=1S/C31H41N7O9S2/c1-30(2,3)27(43)46-16-45-26(42)23-17(15-49-28-34-35-36-37(28)7)14-48-25-22(24(41)38(23)25)32-12-20(39)18-10-8-9-11-19(18)21(40)13-33-29(44)47-31(4,5)6/h8-11,20,22,25,32,39H,12-16H2,1-7H3,(H,33,44)/t20?,22?,25-/m0/s1. The summed E-state index contributed by atoms with van der Waals surface area (Å²) in [6.45, 7) is 9.09. The van der Waals surface area contributed by atoms with Gasteiger partial charge in [-0.05, 0) is 63.1 Å². The Labute approximate surface area is 292 Å². The summed E-state index contributed by atoms with van der Waals surface area (Å²) >= 11 is 2.71. The fourth-order valence-electron chi connectivity index (χ4n) is 4.71. The van der Waals surface area contributed by atoms with E-state index in [2.05, 4.69) is 26.2 Å². The number of thioether (sulfide) groups is 2. The monoisotopic (exact) mass is 719 g/mol. The zero-order valence-corrected chi connectivity index (χ0v) is 30.0. The number of benzene rings is 1. The Hall–Kier alpha value is -4.00. The number of ketones is 1. The maximum Gasteiger partial charge on any atom is 0.408 e. The van der Waals surface area contributed by atoms with E-state index in [-0.39, 0.29) is 30.1 Å². The Morgan fingerprint density at radius 3 is 2.49 bits per heavy atom. The van der Waals surface area contributed by atoms with Crippen molar-refractivity contribution in [1.82, 2.24) is 35.7 Å². The van der Waals surface area contributed by atoms with E-state index >= 15 is 0 Å². The highest BCUT2D eigenvalue weighted by molar-refractivity contribution is 8.01. The number of amides is 2. The summed E-state index contributed by atoms with van der Waals surface area (Å²) in [6.07, 6.45) is -1.92. The molecule has 1 saturated heterocycles. The molecule has 16 nitrogen and oxygen atoms in total. The second kappa shape index (κ2) is 15.7. The van der Waals surface area contributed by atoms with E-state index in [1.54, 1.807) is 72.9 Å². The van der Waals surface area contributed by atoms with E-state index in [9.17, 15) is 29.1 Å². The fraction of sp³-hybridized carbons (Fsp3) is 0.548. The molecule has 3 N–H and O–H groups in total. The van der Waals surface area contributed by atoms with Crippen molar-refractivity contribution in [2.75, 3.05) is 31.4 Å². The highest BCUT2D eigenvalue weighted by Gasteiger charge is 2.53. The first-order valence-corrected chi connectivity index (χ1v) is 17.4. The van der Waals surface area contributed by atoms with Gasteiger partial charge in [0.15, 0.2) is 5.78 Å². The van der Waals surface area contributed by atoms with Crippen molar-refractivity contribution in [3.63, 3.8) is 0 Å². The lowest BCUT2D eigenvalue weighted by Crippen LogP contribution is -2.70. The Kier molecular flexibility index (Phi) is 12.1. The van der Waals surface area contributed by atoms with Crippen LogP contribution in [0.15, 0.2) is 40.7 Å². The number of Topliss-reactive ketones (excluding diaryl/α,β-unsaturated/α-hetero) is 1. The van der Waals surface area contributed by atoms with Crippen LogP contribution >= 0.6 is 23.5 Å². The largest absolute Gasteiger partial charge is 0.444 e. The van der Waals surface area contributed by atoms with Crippen molar-refractivity contribution < 1.29 is 43.3 Å². The molecule has 1 aromatic heterocycles. The van der Waals surface area contributed by atoms with Gasteiger partial charge in [0, 0.05) is 30.7 Å². The van der Waals surface area contributed by atoms with Gasteiger partial charge in [-0.2, -0.15) is 0 Å². The van der Waals surface area contributed by atoms with E-state index in [0.717, 1.165) is 0 Å². The number of β-lactam (4-membered cyclic amide) rings is 1. The number of hydrogen-bond acceptors (Lipinski definition) is 15. The molecule has 266 valence electrons. The quantitative estimate of drug-likeness (QED) is 0.0890. The maximum absolute atomic E-state index is 13.5. The number of fused-ring (bicyclic) bond motifs is 1.